The number of benzene rings is 1. The standard InChI is InChI=1S/C9H7N5S/c10-9-11-5-14(12-9)8-6-3-1-2-4-7(6)13-15-8/h1-5H,(H2,10,12). The molecule has 1 aromatic carbocycles. The van der Waals surface area contributed by atoms with E-state index in [1.165, 1.54) is 11.5 Å². The Labute approximate surface area is 89.3 Å². The van der Waals surface area contributed by atoms with E-state index >= 15 is 0 Å². The summed E-state index contributed by atoms with van der Waals surface area (Å²) in [5, 5.41) is 6.06. The molecule has 2 heterocycles. The van der Waals surface area contributed by atoms with Gasteiger partial charge in [0.15, 0.2) is 0 Å². The molecule has 0 aliphatic rings. The maximum absolute atomic E-state index is 5.47. The van der Waals surface area contributed by atoms with Crippen LogP contribution in [0.4, 0.5) is 5.95 Å². The molecule has 0 radical (unpaired) electrons. The Morgan fingerprint density at radius 2 is 2.13 bits per heavy atom. The van der Waals surface area contributed by atoms with Crippen molar-refractivity contribution in [2.75, 3.05) is 5.73 Å². The number of nitrogens with two attached hydrogens (primary N) is 1. The van der Waals surface area contributed by atoms with Gasteiger partial charge < -0.3 is 5.73 Å². The summed E-state index contributed by atoms with van der Waals surface area (Å²) in [6.07, 6.45) is 1.59. The Balaban J connectivity index is 2.27. The van der Waals surface area contributed by atoms with E-state index in [1.807, 2.05) is 24.3 Å². The molecular formula is C9H7N5S. The highest BCUT2D eigenvalue weighted by atomic mass is 32.1. The van der Waals surface area contributed by atoms with Gasteiger partial charge in [-0.3, -0.25) is 0 Å². The van der Waals surface area contributed by atoms with Crippen LogP contribution in [0.3, 0.4) is 0 Å². The van der Waals surface area contributed by atoms with Crippen molar-refractivity contribution in [1.82, 2.24) is 19.1 Å². The minimum atomic E-state index is 0.271. The van der Waals surface area contributed by atoms with Crippen molar-refractivity contribution in [2.24, 2.45) is 0 Å². The van der Waals surface area contributed by atoms with Gasteiger partial charge in [0.25, 0.3) is 0 Å². The highest BCUT2D eigenvalue weighted by molar-refractivity contribution is 7.10. The number of hydrogen-bond donors (Lipinski definition) is 1. The summed E-state index contributed by atoms with van der Waals surface area (Å²) in [5.74, 6) is 0.271. The second kappa shape index (κ2) is 3.03. The summed E-state index contributed by atoms with van der Waals surface area (Å²) >= 11 is 1.38. The average molecular weight is 217 g/mol. The van der Waals surface area contributed by atoms with Crippen molar-refractivity contribution in [1.29, 1.82) is 0 Å². The molecule has 0 saturated carbocycles. The van der Waals surface area contributed by atoms with E-state index in [2.05, 4.69) is 14.5 Å². The maximum Gasteiger partial charge on any atom is 0.239 e. The van der Waals surface area contributed by atoms with Crippen molar-refractivity contribution in [3.8, 4) is 5.00 Å². The fourth-order valence-corrected chi connectivity index (χ4v) is 2.20. The third-order valence-corrected chi connectivity index (χ3v) is 2.95. The molecule has 15 heavy (non-hydrogen) atoms. The molecule has 0 unspecified atom stereocenters. The Morgan fingerprint density at radius 3 is 2.93 bits per heavy atom. The topological polar surface area (TPSA) is 69.6 Å². The Morgan fingerprint density at radius 1 is 1.27 bits per heavy atom. The van der Waals surface area contributed by atoms with Gasteiger partial charge in [-0.1, -0.05) is 12.1 Å². The van der Waals surface area contributed by atoms with E-state index in [-0.39, 0.29) is 5.95 Å². The normalized spacial score (nSPS) is 10.9. The van der Waals surface area contributed by atoms with Crippen LogP contribution in [-0.4, -0.2) is 19.1 Å². The quantitative estimate of drug-likeness (QED) is 0.670. The van der Waals surface area contributed by atoms with Crippen molar-refractivity contribution in [3.63, 3.8) is 0 Å². The number of nitrogens with zero attached hydrogens (tertiary/aromatic N) is 4. The molecule has 5 nitrogen and oxygen atoms in total. The van der Waals surface area contributed by atoms with Crippen molar-refractivity contribution in [3.05, 3.63) is 30.6 Å². The Bertz CT molecular complexity index is 612. The van der Waals surface area contributed by atoms with E-state index in [0.29, 0.717) is 0 Å². The van der Waals surface area contributed by atoms with Crippen molar-refractivity contribution < 1.29 is 0 Å². The van der Waals surface area contributed by atoms with Gasteiger partial charge in [-0.05, 0) is 23.7 Å². The molecule has 2 aromatic heterocycles. The van der Waals surface area contributed by atoms with E-state index < -0.39 is 0 Å². The molecule has 0 amide bonds. The zero-order chi connectivity index (χ0) is 10.3. The number of nitrogen functional groups attached to an aromatic ring is 1. The number of hydrogen-bond acceptors (Lipinski definition) is 5. The zero-order valence-electron chi connectivity index (χ0n) is 7.66. The van der Waals surface area contributed by atoms with Gasteiger partial charge in [0.1, 0.15) is 11.3 Å². The summed E-state index contributed by atoms with van der Waals surface area (Å²) in [5.41, 5.74) is 6.43. The van der Waals surface area contributed by atoms with Crippen molar-refractivity contribution in [2.45, 2.75) is 0 Å². The molecule has 3 rings (SSSR count). The molecule has 0 aliphatic heterocycles. The van der Waals surface area contributed by atoms with Crippen LogP contribution < -0.4 is 5.73 Å². The molecule has 0 saturated heterocycles. The summed E-state index contributed by atoms with van der Waals surface area (Å²) in [6, 6.07) is 7.91. The summed E-state index contributed by atoms with van der Waals surface area (Å²) < 4.78 is 5.96. The van der Waals surface area contributed by atoms with Crippen LogP contribution in [0, 0.1) is 0 Å². The molecule has 0 spiro atoms. The lowest BCUT2D eigenvalue weighted by Gasteiger charge is -1.94. The van der Waals surface area contributed by atoms with Crippen LogP contribution in [0.1, 0.15) is 0 Å². The molecule has 0 aliphatic carbocycles. The zero-order valence-corrected chi connectivity index (χ0v) is 8.48. The number of fused-ring (bicyclic) bond motifs is 1. The molecule has 0 bridgehead atoms. The lowest BCUT2D eigenvalue weighted by atomic mass is 10.2. The summed E-state index contributed by atoms with van der Waals surface area (Å²) in [4.78, 5) is 3.89. The highest BCUT2D eigenvalue weighted by Gasteiger charge is 2.08. The van der Waals surface area contributed by atoms with Crippen LogP contribution in [0.15, 0.2) is 30.6 Å². The van der Waals surface area contributed by atoms with Crippen molar-refractivity contribution >= 4 is 28.4 Å². The van der Waals surface area contributed by atoms with Crippen LogP contribution in [0.2, 0.25) is 0 Å². The van der Waals surface area contributed by atoms with Gasteiger partial charge in [-0.2, -0.15) is 4.37 Å². The average Bonchev–Trinajstić information content (AvgIpc) is 2.83. The van der Waals surface area contributed by atoms with Gasteiger partial charge in [0.05, 0.1) is 5.52 Å². The van der Waals surface area contributed by atoms with E-state index in [4.69, 9.17) is 5.73 Å². The lowest BCUT2D eigenvalue weighted by molar-refractivity contribution is 0.906. The minimum Gasteiger partial charge on any atom is -0.366 e. The first-order chi connectivity index (χ1) is 7.34. The largest absolute Gasteiger partial charge is 0.366 e. The van der Waals surface area contributed by atoms with Crippen LogP contribution in [0.5, 0.6) is 0 Å². The molecular weight excluding hydrogens is 210 g/mol. The number of rotatable bonds is 1. The maximum atomic E-state index is 5.47. The predicted molar refractivity (Wildman–Crippen MR) is 58.9 cm³/mol. The SMILES string of the molecule is Nc1ncn(-c2snc3ccccc23)n1. The highest BCUT2D eigenvalue weighted by Crippen LogP contribution is 2.24. The van der Waals surface area contributed by atoms with Gasteiger partial charge >= 0.3 is 0 Å². The van der Waals surface area contributed by atoms with Crippen LogP contribution in [0.25, 0.3) is 15.9 Å². The third-order valence-electron chi connectivity index (χ3n) is 2.08. The summed E-state index contributed by atoms with van der Waals surface area (Å²) in [7, 11) is 0. The first kappa shape index (κ1) is 8.37. The molecule has 0 atom stereocenters. The molecule has 74 valence electrons. The number of aromatic nitrogens is 4. The predicted octanol–water partition coefficient (Wildman–Crippen LogP) is 1.46. The van der Waals surface area contributed by atoms with Gasteiger partial charge in [0, 0.05) is 5.39 Å². The van der Waals surface area contributed by atoms with E-state index in [1.54, 1.807) is 11.0 Å². The van der Waals surface area contributed by atoms with E-state index in [0.717, 1.165) is 15.9 Å². The number of anilines is 1. The molecule has 2 N–H and O–H groups in total. The molecule has 0 fully saturated rings. The van der Waals surface area contributed by atoms with Crippen LogP contribution >= 0.6 is 11.5 Å². The fourth-order valence-electron chi connectivity index (χ4n) is 1.41. The third kappa shape index (κ3) is 1.26. The minimum absolute atomic E-state index is 0.271. The lowest BCUT2D eigenvalue weighted by Crippen LogP contribution is -1.93. The molecule has 3 aromatic rings. The monoisotopic (exact) mass is 217 g/mol. The smallest absolute Gasteiger partial charge is 0.239 e. The second-order valence-electron chi connectivity index (χ2n) is 3.05. The Hall–Kier alpha value is -1.95. The first-order valence-electron chi connectivity index (χ1n) is 4.36. The van der Waals surface area contributed by atoms with Gasteiger partial charge in [0.2, 0.25) is 5.95 Å². The van der Waals surface area contributed by atoms with Gasteiger partial charge in [-0.25, -0.2) is 9.67 Å². The summed E-state index contributed by atoms with van der Waals surface area (Å²) in [6.45, 7) is 0. The fraction of sp³-hybridized carbons (Fsp3) is 0. The second-order valence-corrected chi connectivity index (χ2v) is 3.80. The molecule has 6 heteroatoms. The first-order valence-corrected chi connectivity index (χ1v) is 5.14. The Kier molecular flexibility index (Phi) is 1.69. The van der Waals surface area contributed by atoms with Crippen LogP contribution in [-0.2, 0) is 0 Å². The van der Waals surface area contributed by atoms with Gasteiger partial charge in [-0.15, -0.1) is 5.10 Å². The van der Waals surface area contributed by atoms with E-state index in [9.17, 15) is 0 Å².